The van der Waals surface area contributed by atoms with Crippen molar-refractivity contribution in [2.45, 2.75) is 37.1 Å². The summed E-state index contributed by atoms with van der Waals surface area (Å²) in [4.78, 5) is 34.8. The summed E-state index contributed by atoms with van der Waals surface area (Å²) in [5.41, 5.74) is 0.580. The van der Waals surface area contributed by atoms with Gasteiger partial charge in [-0.15, -0.1) is 0 Å². The molecule has 1 aromatic heterocycles. The van der Waals surface area contributed by atoms with Crippen molar-refractivity contribution in [3.8, 4) is 22.8 Å². The van der Waals surface area contributed by atoms with E-state index in [1.165, 1.54) is 12.1 Å². The van der Waals surface area contributed by atoms with Crippen molar-refractivity contribution in [1.82, 2.24) is 14.8 Å². The molecule has 0 aliphatic carbocycles. The first-order chi connectivity index (χ1) is 21.2. The van der Waals surface area contributed by atoms with E-state index in [0.717, 1.165) is 30.2 Å². The number of hydrogen-bond donors (Lipinski definition) is 2. The average Bonchev–Trinajstić information content (AvgIpc) is 3.55. The molecule has 0 bridgehead atoms. The Bertz CT molecular complexity index is 1870. The number of benzene rings is 3. The van der Waals surface area contributed by atoms with Crippen molar-refractivity contribution in [2.75, 3.05) is 38.6 Å². The van der Waals surface area contributed by atoms with Crippen LogP contribution < -0.4 is 10.1 Å². The number of likely N-dealkylation sites (tertiary alicyclic amines) is 2. The Morgan fingerprint density at radius 1 is 1.23 bits per heavy atom. The highest BCUT2D eigenvalue weighted by Gasteiger charge is 2.51. The summed E-state index contributed by atoms with van der Waals surface area (Å²) in [6.45, 7) is 5.58. The number of amides is 2. The number of halogens is 2. The second-order valence-electron chi connectivity index (χ2n) is 12.0. The van der Waals surface area contributed by atoms with Gasteiger partial charge in [0.25, 0.3) is 0 Å². The number of phenolic OH excluding ortho intramolecular Hbond substituents is 1. The highest BCUT2D eigenvalue weighted by Crippen LogP contribution is 2.53. The molecule has 0 radical (unpaired) electrons. The summed E-state index contributed by atoms with van der Waals surface area (Å²) < 4.78 is 23.2. The van der Waals surface area contributed by atoms with Crippen LogP contribution in [0.4, 0.5) is 10.1 Å². The van der Waals surface area contributed by atoms with Gasteiger partial charge in [0.15, 0.2) is 5.82 Å². The smallest absolute Gasteiger partial charge is 0.245 e. The molecule has 2 amide bonds. The van der Waals surface area contributed by atoms with E-state index in [0.29, 0.717) is 54.7 Å². The van der Waals surface area contributed by atoms with Gasteiger partial charge in [-0.2, -0.15) is 0 Å². The number of aromatic hydroxyl groups is 1. The lowest BCUT2D eigenvalue weighted by atomic mass is 9.72. The predicted molar refractivity (Wildman–Crippen MR) is 169 cm³/mol. The van der Waals surface area contributed by atoms with Crippen LogP contribution in [0.1, 0.15) is 31.2 Å². The van der Waals surface area contributed by atoms with Crippen LogP contribution in [-0.2, 0) is 15.0 Å². The highest BCUT2D eigenvalue weighted by atomic mass is 35.5. The zero-order valence-electron chi connectivity index (χ0n) is 24.3. The number of fused-ring (bicyclic) bond motifs is 5. The third-order valence-electron chi connectivity index (χ3n) is 9.59. The summed E-state index contributed by atoms with van der Waals surface area (Å²) in [6, 6.07) is 12.3. The third kappa shape index (κ3) is 4.40. The lowest BCUT2D eigenvalue weighted by Crippen LogP contribution is -2.48. The van der Waals surface area contributed by atoms with Crippen molar-refractivity contribution < 1.29 is 23.8 Å². The molecule has 1 unspecified atom stereocenters. The standard InChI is InChI=1S/C34H32ClFN4O4/c1-3-26(42)40-13-10-34(11-14-40)28-24-17-25(35)27(23-16-21(41)15-19-7-4-5-9-22(19)23)29(36)30(24)37-32(31(28)38-33(34)43)44-18-20-8-6-12-39(20)2/h3-5,7,9,15-17,20,41H,1,6,8,10-14,18H2,2H3,(H,38,43). The number of nitrogens with one attached hydrogen (secondary N) is 1. The zero-order chi connectivity index (χ0) is 30.7. The number of aromatic nitrogens is 1. The molecule has 0 saturated carbocycles. The van der Waals surface area contributed by atoms with Crippen molar-refractivity contribution in [3.05, 3.63) is 71.5 Å². The molecule has 7 rings (SSSR count). The van der Waals surface area contributed by atoms with E-state index in [9.17, 15) is 14.7 Å². The fourth-order valence-electron chi connectivity index (χ4n) is 7.20. The molecule has 226 valence electrons. The van der Waals surface area contributed by atoms with Crippen LogP contribution in [0.5, 0.6) is 11.6 Å². The first-order valence-corrected chi connectivity index (χ1v) is 15.2. The molecule has 8 nitrogen and oxygen atoms in total. The van der Waals surface area contributed by atoms with Crippen molar-refractivity contribution in [3.63, 3.8) is 0 Å². The van der Waals surface area contributed by atoms with E-state index in [1.54, 1.807) is 17.0 Å². The van der Waals surface area contributed by atoms with Gasteiger partial charge in [0.2, 0.25) is 17.7 Å². The molecule has 4 heterocycles. The number of phenols is 1. The number of pyridine rings is 1. The van der Waals surface area contributed by atoms with E-state index in [4.69, 9.17) is 21.3 Å². The van der Waals surface area contributed by atoms with Gasteiger partial charge >= 0.3 is 0 Å². The number of carbonyl (C=O) groups is 2. The number of nitrogens with zero attached hydrogens (tertiary/aromatic N) is 3. The summed E-state index contributed by atoms with van der Waals surface area (Å²) in [5.74, 6) is -0.941. The Balaban J connectivity index is 1.44. The Hall–Kier alpha value is -4.21. The minimum Gasteiger partial charge on any atom is -0.508 e. The van der Waals surface area contributed by atoms with Gasteiger partial charge < -0.3 is 25.0 Å². The minimum atomic E-state index is -1.02. The summed E-state index contributed by atoms with van der Waals surface area (Å²) >= 11 is 6.89. The number of ether oxygens (including phenoxy) is 1. The van der Waals surface area contributed by atoms with Gasteiger partial charge in [-0.25, -0.2) is 9.37 Å². The molecule has 3 aromatic carbocycles. The molecule has 3 aliphatic heterocycles. The summed E-state index contributed by atoms with van der Waals surface area (Å²) in [7, 11) is 2.04. The molecule has 1 spiro atoms. The normalized spacial score (nSPS) is 19.5. The van der Waals surface area contributed by atoms with Gasteiger partial charge in [-0.05, 0) is 79.9 Å². The second-order valence-corrected chi connectivity index (χ2v) is 12.4. The number of rotatable bonds is 5. The van der Waals surface area contributed by atoms with Gasteiger partial charge in [0.1, 0.15) is 23.6 Å². The quantitative estimate of drug-likeness (QED) is 0.267. The lowest BCUT2D eigenvalue weighted by Gasteiger charge is -2.38. The number of hydrogen-bond acceptors (Lipinski definition) is 6. The van der Waals surface area contributed by atoms with Gasteiger partial charge in [-0.1, -0.05) is 42.4 Å². The number of likely N-dealkylation sites (N-methyl/N-ethyl adjacent to an activating group) is 1. The molecule has 2 saturated heterocycles. The van der Waals surface area contributed by atoms with Crippen molar-refractivity contribution in [1.29, 1.82) is 0 Å². The van der Waals surface area contributed by atoms with Crippen LogP contribution in [0.15, 0.2) is 55.1 Å². The Kier molecular flexibility index (Phi) is 6.98. The van der Waals surface area contributed by atoms with Gasteiger partial charge in [0.05, 0.1) is 10.4 Å². The predicted octanol–water partition coefficient (Wildman–Crippen LogP) is 6.02. The van der Waals surface area contributed by atoms with E-state index in [-0.39, 0.29) is 45.6 Å². The van der Waals surface area contributed by atoms with E-state index >= 15 is 4.39 Å². The SMILES string of the molecule is C=CC(=O)N1CCC2(CC1)C(=O)Nc1c(OCC3CCCN3C)nc3c(F)c(-c4cc(O)cc5ccccc45)c(Cl)cc3c12. The summed E-state index contributed by atoms with van der Waals surface area (Å²) in [5, 5.41) is 15.5. The number of anilines is 1. The van der Waals surface area contributed by atoms with Crippen LogP contribution in [0.25, 0.3) is 32.8 Å². The molecule has 4 aromatic rings. The first kappa shape index (κ1) is 28.6. The third-order valence-corrected chi connectivity index (χ3v) is 9.89. The number of piperidine rings is 1. The van der Waals surface area contributed by atoms with Crippen molar-refractivity contribution >= 4 is 50.8 Å². The van der Waals surface area contributed by atoms with Crippen LogP contribution >= 0.6 is 11.6 Å². The summed E-state index contributed by atoms with van der Waals surface area (Å²) in [6.07, 6.45) is 3.98. The Morgan fingerprint density at radius 3 is 2.73 bits per heavy atom. The maximum atomic E-state index is 16.9. The van der Waals surface area contributed by atoms with Crippen LogP contribution in [0.2, 0.25) is 5.02 Å². The van der Waals surface area contributed by atoms with Gasteiger partial charge in [-0.3, -0.25) is 9.59 Å². The van der Waals surface area contributed by atoms with Crippen LogP contribution in [0, 0.1) is 5.82 Å². The molecule has 10 heteroatoms. The molecule has 44 heavy (non-hydrogen) atoms. The fourth-order valence-corrected chi connectivity index (χ4v) is 7.49. The van der Waals surface area contributed by atoms with E-state index in [2.05, 4.69) is 16.8 Å². The molecule has 3 aliphatic rings. The molecule has 2 fully saturated rings. The monoisotopic (exact) mass is 614 g/mol. The van der Waals surface area contributed by atoms with Gasteiger partial charge in [0, 0.05) is 35.6 Å². The molecular weight excluding hydrogens is 583 g/mol. The fraction of sp³-hybridized carbons (Fsp3) is 0.324. The second kappa shape index (κ2) is 10.7. The first-order valence-electron chi connectivity index (χ1n) is 14.9. The van der Waals surface area contributed by atoms with Crippen LogP contribution in [-0.4, -0.2) is 71.0 Å². The Morgan fingerprint density at radius 2 is 2.00 bits per heavy atom. The lowest BCUT2D eigenvalue weighted by molar-refractivity contribution is -0.131. The van der Waals surface area contributed by atoms with Crippen molar-refractivity contribution in [2.24, 2.45) is 0 Å². The van der Waals surface area contributed by atoms with Crippen LogP contribution in [0.3, 0.4) is 0 Å². The molecular formula is C34H32ClFN4O4. The average molecular weight is 615 g/mol. The number of carbonyl (C=O) groups excluding carboxylic acids is 2. The molecule has 1 atom stereocenters. The highest BCUT2D eigenvalue weighted by molar-refractivity contribution is 6.35. The zero-order valence-corrected chi connectivity index (χ0v) is 25.1. The maximum absolute atomic E-state index is 16.9. The molecule has 2 N–H and O–H groups in total. The topological polar surface area (TPSA) is 95.0 Å². The maximum Gasteiger partial charge on any atom is 0.245 e. The largest absolute Gasteiger partial charge is 0.508 e. The van der Waals surface area contributed by atoms with E-state index in [1.807, 2.05) is 31.3 Å². The van der Waals surface area contributed by atoms with E-state index < -0.39 is 11.2 Å². The minimum absolute atomic E-state index is 0.0181. The Labute approximate surface area is 259 Å².